The number of allylic oxidation sites excluding steroid dienone is 3. The van der Waals surface area contributed by atoms with Gasteiger partial charge >= 0.3 is 0 Å². The van der Waals surface area contributed by atoms with E-state index in [1.165, 1.54) is 0 Å². The molecule has 2 aromatic carbocycles. The van der Waals surface area contributed by atoms with Crippen LogP contribution >= 0.6 is 0 Å². The minimum Gasteiger partial charge on any atom is -0.493 e. The number of carbonyl (C=O) groups is 1. The first-order chi connectivity index (χ1) is 16.8. The van der Waals surface area contributed by atoms with E-state index in [2.05, 4.69) is 6.92 Å². The Balaban J connectivity index is 2.02. The Labute approximate surface area is 207 Å². The lowest BCUT2D eigenvalue weighted by Gasteiger charge is -2.31. The standard InChI is InChI=1S/C28H34O7/c1-16-20(10-9-18-11-23(30-3)27(34-7)24(12-18)31-4)17(2)22(29)15-21(16)19-13-25(32-5)28(35-8)26(14-19)33-6/h9-14,16,21H,15H2,1-8H3/b10-9-/t16-,21-/m1/s1. The highest BCUT2D eigenvalue weighted by atomic mass is 16.5. The molecule has 188 valence electrons. The second kappa shape index (κ2) is 11.2. The second-order valence-electron chi connectivity index (χ2n) is 8.35. The van der Waals surface area contributed by atoms with Crippen molar-refractivity contribution in [3.05, 3.63) is 52.6 Å². The zero-order valence-corrected chi connectivity index (χ0v) is 21.7. The Hall–Kier alpha value is -3.61. The molecule has 1 aliphatic carbocycles. The first-order valence-electron chi connectivity index (χ1n) is 11.3. The predicted octanol–water partition coefficient (Wildman–Crippen LogP) is 5.46. The Morgan fingerprint density at radius 2 is 1.17 bits per heavy atom. The van der Waals surface area contributed by atoms with Crippen molar-refractivity contribution >= 4 is 11.9 Å². The molecule has 0 fully saturated rings. The van der Waals surface area contributed by atoms with E-state index in [1.54, 1.807) is 42.7 Å². The molecule has 0 saturated heterocycles. The van der Waals surface area contributed by atoms with E-state index in [0.717, 1.165) is 22.3 Å². The summed E-state index contributed by atoms with van der Waals surface area (Å²) in [5.41, 5.74) is 3.58. The van der Waals surface area contributed by atoms with Crippen molar-refractivity contribution in [2.45, 2.75) is 26.2 Å². The first-order valence-corrected chi connectivity index (χ1v) is 11.3. The van der Waals surface area contributed by atoms with Crippen LogP contribution in [-0.4, -0.2) is 48.4 Å². The third kappa shape index (κ3) is 5.09. The third-order valence-corrected chi connectivity index (χ3v) is 6.61. The molecule has 3 rings (SSSR count). The minimum atomic E-state index is -0.0421. The fraction of sp³-hybridized carbons (Fsp3) is 0.393. The Bertz CT molecular complexity index is 1100. The predicted molar refractivity (Wildman–Crippen MR) is 135 cm³/mol. The van der Waals surface area contributed by atoms with E-state index < -0.39 is 0 Å². The van der Waals surface area contributed by atoms with Crippen LogP contribution in [0.4, 0.5) is 0 Å². The number of carbonyl (C=O) groups excluding carboxylic acids is 1. The molecule has 7 heteroatoms. The summed E-state index contributed by atoms with van der Waals surface area (Å²) in [6.45, 7) is 4.03. The number of Topliss-reactive ketones (excluding diaryl/α,β-unsaturated/α-hetero) is 1. The maximum Gasteiger partial charge on any atom is 0.203 e. The van der Waals surface area contributed by atoms with Gasteiger partial charge in [0, 0.05) is 6.42 Å². The number of hydrogen-bond acceptors (Lipinski definition) is 7. The molecule has 0 radical (unpaired) electrons. The van der Waals surface area contributed by atoms with Gasteiger partial charge in [-0.15, -0.1) is 0 Å². The molecule has 0 bridgehead atoms. The average Bonchev–Trinajstić information content (AvgIpc) is 2.88. The topological polar surface area (TPSA) is 72.5 Å². The second-order valence-corrected chi connectivity index (χ2v) is 8.35. The zero-order valence-electron chi connectivity index (χ0n) is 21.7. The number of hydrogen-bond donors (Lipinski definition) is 0. The summed E-state index contributed by atoms with van der Waals surface area (Å²) < 4.78 is 32.9. The summed E-state index contributed by atoms with van der Waals surface area (Å²) in [6.07, 6.45) is 4.38. The fourth-order valence-corrected chi connectivity index (χ4v) is 4.63. The van der Waals surface area contributed by atoms with Gasteiger partial charge in [-0.3, -0.25) is 4.79 Å². The van der Waals surface area contributed by atoms with Gasteiger partial charge in [-0.05, 0) is 65.3 Å². The lowest BCUT2D eigenvalue weighted by atomic mass is 9.72. The molecule has 2 aromatic rings. The van der Waals surface area contributed by atoms with Gasteiger partial charge in [0.15, 0.2) is 28.8 Å². The van der Waals surface area contributed by atoms with E-state index in [0.29, 0.717) is 40.9 Å². The number of methoxy groups -OCH3 is 6. The Morgan fingerprint density at radius 1 is 0.714 bits per heavy atom. The summed E-state index contributed by atoms with van der Waals surface area (Å²) in [7, 11) is 9.49. The lowest BCUT2D eigenvalue weighted by Crippen LogP contribution is -2.24. The van der Waals surface area contributed by atoms with Crippen LogP contribution in [0.15, 0.2) is 41.5 Å². The van der Waals surface area contributed by atoms with Crippen molar-refractivity contribution in [2.24, 2.45) is 5.92 Å². The molecule has 1 aliphatic rings. The van der Waals surface area contributed by atoms with Gasteiger partial charge in [0.2, 0.25) is 11.5 Å². The molecule has 0 N–H and O–H groups in total. The molecule has 0 unspecified atom stereocenters. The van der Waals surface area contributed by atoms with Crippen molar-refractivity contribution < 1.29 is 33.2 Å². The van der Waals surface area contributed by atoms with Crippen LogP contribution in [0.25, 0.3) is 6.08 Å². The van der Waals surface area contributed by atoms with E-state index in [4.69, 9.17) is 28.4 Å². The van der Waals surface area contributed by atoms with Crippen molar-refractivity contribution in [1.29, 1.82) is 0 Å². The fourth-order valence-electron chi connectivity index (χ4n) is 4.63. The maximum absolute atomic E-state index is 13.0. The molecule has 0 heterocycles. The normalized spacial score (nSPS) is 18.0. The molecule has 35 heavy (non-hydrogen) atoms. The van der Waals surface area contributed by atoms with Gasteiger partial charge in [0.1, 0.15) is 0 Å². The molecule has 7 nitrogen and oxygen atoms in total. The van der Waals surface area contributed by atoms with Crippen molar-refractivity contribution in [2.75, 3.05) is 42.7 Å². The van der Waals surface area contributed by atoms with Gasteiger partial charge in [-0.25, -0.2) is 0 Å². The molecular formula is C28H34O7. The number of benzene rings is 2. The van der Waals surface area contributed by atoms with E-state index in [9.17, 15) is 4.79 Å². The van der Waals surface area contributed by atoms with Crippen LogP contribution in [0.2, 0.25) is 0 Å². The zero-order chi connectivity index (χ0) is 25.7. The van der Waals surface area contributed by atoms with E-state index in [1.807, 2.05) is 43.3 Å². The Morgan fingerprint density at radius 3 is 1.60 bits per heavy atom. The van der Waals surface area contributed by atoms with Gasteiger partial charge < -0.3 is 28.4 Å². The van der Waals surface area contributed by atoms with Gasteiger partial charge in [-0.2, -0.15) is 0 Å². The molecule has 0 aromatic heterocycles. The smallest absolute Gasteiger partial charge is 0.203 e. The van der Waals surface area contributed by atoms with Crippen LogP contribution in [-0.2, 0) is 4.79 Å². The molecule has 0 spiro atoms. The van der Waals surface area contributed by atoms with Crippen molar-refractivity contribution in [1.82, 2.24) is 0 Å². The number of ketones is 1. The van der Waals surface area contributed by atoms with E-state index >= 15 is 0 Å². The van der Waals surface area contributed by atoms with Gasteiger partial charge in [-0.1, -0.05) is 19.1 Å². The monoisotopic (exact) mass is 482 g/mol. The highest BCUT2D eigenvalue weighted by molar-refractivity contribution is 5.98. The van der Waals surface area contributed by atoms with Crippen LogP contribution in [0.3, 0.4) is 0 Å². The highest BCUT2D eigenvalue weighted by Crippen LogP contribution is 2.46. The summed E-state index contributed by atoms with van der Waals surface area (Å²) in [4.78, 5) is 13.0. The molecule has 0 aliphatic heterocycles. The lowest BCUT2D eigenvalue weighted by molar-refractivity contribution is -0.116. The summed E-state index contributed by atoms with van der Waals surface area (Å²) in [5.74, 6) is 3.50. The van der Waals surface area contributed by atoms with Crippen molar-refractivity contribution in [3.63, 3.8) is 0 Å². The van der Waals surface area contributed by atoms with Crippen molar-refractivity contribution in [3.8, 4) is 34.5 Å². The highest BCUT2D eigenvalue weighted by Gasteiger charge is 2.33. The maximum atomic E-state index is 13.0. The third-order valence-electron chi connectivity index (χ3n) is 6.61. The first kappa shape index (κ1) is 26.0. The van der Waals surface area contributed by atoms with Crippen LogP contribution < -0.4 is 28.4 Å². The van der Waals surface area contributed by atoms with Crippen LogP contribution in [0.5, 0.6) is 34.5 Å². The number of rotatable bonds is 9. The molecule has 0 amide bonds. The average molecular weight is 483 g/mol. The van der Waals surface area contributed by atoms with Gasteiger partial charge in [0.25, 0.3) is 0 Å². The summed E-state index contributed by atoms with van der Waals surface area (Å²) in [6, 6.07) is 7.60. The molecule has 2 atom stereocenters. The minimum absolute atomic E-state index is 0.0421. The Kier molecular flexibility index (Phi) is 8.33. The van der Waals surface area contributed by atoms with Crippen LogP contribution in [0.1, 0.15) is 37.3 Å². The van der Waals surface area contributed by atoms with E-state index in [-0.39, 0.29) is 17.6 Å². The number of ether oxygens (including phenoxy) is 6. The molecular weight excluding hydrogens is 448 g/mol. The summed E-state index contributed by atoms with van der Waals surface area (Å²) in [5, 5.41) is 0. The van der Waals surface area contributed by atoms with Gasteiger partial charge in [0.05, 0.1) is 42.7 Å². The quantitative estimate of drug-likeness (QED) is 0.470. The summed E-state index contributed by atoms with van der Waals surface area (Å²) >= 11 is 0. The largest absolute Gasteiger partial charge is 0.493 e. The van der Waals surface area contributed by atoms with Crippen LogP contribution in [0, 0.1) is 5.92 Å². The SMILES string of the molecule is COc1cc(/C=C\C2=C(C)C(=O)C[C@@H](c3cc(OC)c(OC)c(OC)c3)[C@@H]2C)cc(OC)c1OC. The molecule has 0 saturated carbocycles.